The van der Waals surface area contributed by atoms with Gasteiger partial charge in [-0.2, -0.15) is 5.01 Å². The number of hydrogen-bond acceptors (Lipinski definition) is 6. The summed E-state index contributed by atoms with van der Waals surface area (Å²) in [5.74, 6) is 1.18. The first-order valence-corrected chi connectivity index (χ1v) is 8.86. The smallest absolute Gasteiger partial charge is 0.434 e. The van der Waals surface area contributed by atoms with Gasteiger partial charge in [0.05, 0.1) is 11.7 Å². The Morgan fingerprint density at radius 1 is 1.38 bits per heavy atom. The molecule has 0 aromatic heterocycles. The van der Waals surface area contributed by atoms with E-state index in [-0.39, 0.29) is 23.6 Å². The number of amides is 2. The third-order valence-corrected chi connectivity index (χ3v) is 5.26. The molecule has 24 heavy (non-hydrogen) atoms. The summed E-state index contributed by atoms with van der Waals surface area (Å²) in [5, 5.41) is 2.58. The standard InChI is InChI=1S/C15H15IN2O6/c1-2-13(16)24-15(20)18-10-5-12-11(22-7-23-12)4-8(10)3-9-6-21-14(19)17(9)18/h4-5,9,13H,2-3,6-7H2,1H3/t9-,13?/m1/s1. The molecule has 0 saturated carbocycles. The largest absolute Gasteiger partial charge is 0.454 e. The second-order valence-corrected chi connectivity index (χ2v) is 7.02. The molecule has 3 aliphatic heterocycles. The average molecular weight is 446 g/mol. The van der Waals surface area contributed by atoms with Crippen molar-refractivity contribution < 1.29 is 28.5 Å². The minimum atomic E-state index is -0.611. The van der Waals surface area contributed by atoms with Gasteiger partial charge in [-0.25, -0.2) is 14.6 Å². The minimum Gasteiger partial charge on any atom is -0.454 e. The Hall–Kier alpha value is -1.91. The quantitative estimate of drug-likeness (QED) is 0.514. The van der Waals surface area contributed by atoms with Gasteiger partial charge in [0.1, 0.15) is 6.61 Å². The molecule has 2 atom stereocenters. The third-order valence-electron chi connectivity index (χ3n) is 4.13. The third kappa shape index (κ3) is 2.41. The molecule has 8 nitrogen and oxygen atoms in total. The topological polar surface area (TPSA) is 77.5 Å². The fourth-order valence-corrected chi connectivity index (χ4v) is 3.19. The summed E-state index contributed by atoms with van der Waals surface area (Å²) in [5.41, 5.74) is 1.44. The van der Waals surface area contributed by atoms with Crippen LogP contribution in [0.2, 0.25) is 0 Å². The number of rotatable bonds is 2. The van der Waals surface area contributed by atoms with E-state index in [1.165, 1.54) is 10.0 Å². The van der Waals surface area contributed by atoms with Crippen LogP contribution in [0.4, 0.5) is 15.3 Å². The zero-order valence-electron chi connectivity index (χ0n) is 12.9. The number of hydrogen-bond donors (Lipinski definition) is 0. The number of halogens is 1. The normalized spacial score (nSPS) is 21.9. The lowest BCUT2D eigenvalue weighted by Gasteiger charge is -2.38. The number of carbonyl (C=O) groups excluding carboxylic acids is 2. The number of carbonyl (C=O) groups is 2. The highest BCUT2D eigenvalue weighted by Gasteiger charge is 2.46. The van der Waals surface area contributed by atoms with Crippen molar-refractivity contribution >= 4 is 40.5 Å². The Balaban J connectivity index is 1.76. The molecule has 9 heteroatoms. The predicted molar refractivity (Wildman–Crippen MR) is 90.3 cm³/mol. The van der Waals surface area contributed by atoms with Gasteiger partial charge in [-0.05, 0) is 40.6 Å². The number of ether oxygens (including phenoxy) is 4. The summed E-state index contributed by atoms with van der Waals surface area (Å²) in [6.07, 6.45) is 0.0759. The monoisotopic (exact) mass is 446 g/mol. The van der Waals surface area contributed by atoms with E-state index in [1.807, 2.05) is 35.6 Å². The Labute approximate surface area is 151 Å². The summed E-state index contributed by atoms with van der Waals surface area (Å²) < 4.78 is 21.1. The maximum Gasteiger partial charge on any atom is 0.434 e. The molecular formula is C15H15IN2O6. The second kappa shape index (κ2) is 5.87. The van der Waals surface area contributed by atoms with Crippen LogP contribution >= 0.6 is 22.6 Å². The van der Waals surface area contributed by atoms with E-state index in [0.717, 1.165) is 5.56 Å². The highest BCUT2D eigenvalue weighted by molar-refractivity contribution is 14.1. The minimum absolute atomic E-state index is 0.142. The zero-order chi connectivity index (χ0) is 16.8. The van der Waals surface area contributed by atoms with Crippen molar-refractivity contribution in [3.05, 3.63) is 17.7 Å². The highest BCUT2D eigenvalue weighted by atomic mass is 127. The van der Waals surface area contributed by atoms with E-state index in [9.17, 15) is 9.59 Å². The molecule has 128 valence electrons. The van der Waals surface area contributed by atoms with E-state index >= 15 is 0 Å². The van der Waals surface area contributed by atoms with Crippen molar-refractivity contribution in [3.8, 4) is 11.5 Å². The van der Waals surface area contributed by atoms with Crippen LogP contribution in [0.5, 0.6) is 11.5 Å². The lowest BCUT2D eigenvalue weighted by molar-refractivity contribution is 0.117. The van der Waals surface area contributed by atoms with Crippen molar-refractivity contribution in [2.75, 3.05) is 18.4 Å². The number of anilines is 1. The Morgan fingerprint density at radius 3 is 2.88 bits per heavy atom. The molecule has 2 amide bonds. The number of hydrazine groups is 1. The summed E-state index contributed by atoms with van der Waals surface area (Å²) in [4.78, 5) is 24.8. The zero-order valence-corrected chi connectivity index (χ0v) is 15.0. The molecule has 1 saturated heterocycles. The van der Waals surface area contributed by atoms with Gasteiger partial charge in [0.2, 0.25) is 6.79 Å². The molecule has 1 unspecified atom stereocenters. The van der Waals surface area contributed by atoms with Crippen LogP contribution < -0.4 is 14.5 Å². The SMILES string of the molecule is CCC(I)OC(=O)N1c2cc3c(cc2C[C@@H]2COC(=O)N21)OCO3. The van der Waals surface area contributed by atoms with Crippen molar-refractivity contribution in [3.63, 3.8) is 0 Å². The van der Waals surface area contributed by atoms with Gasteiger partial charge < -0.3 is 18.9 Å². The Morgan fingerprint density at radius 2 is 2.12 bits per heavy atom. The lowest BCUT2D eigenvalue weighted by atomic mass is 10.0. The van der Waals surface area contributed by atoms with Gasteiger partial charge in [0, 0.05) is 12.5 Å². The maximum atomic E-state index is 12.7. The average Bonchev–Trinajstić information content (AvgIpc) is 3.17. The fraction of sp³-hybridized carbons (Fsp3) is 0.467. The van der Waals surface area contributed by atoms with Gasteiger partial charge in [0.15, 0.2) is 15.6 Å². The number of alkyl halides is 1. The number of benzene rings is 1. The molecule has 1 fully saturated rings. The van der Waals surface area contributed by atoms with Crippen molar-refractivity contribution in [2.24, 2.45) is 0 Å². The molecule has 0 aliphatic carbocycles. The summed E-state index contributed by atoms with van der Waals surface area (Å²) >= 11 is 2.04. The van der Waals surface area contributed by atoms with Gasteiger partial charge in [0.25, 0.3) is 0 Å². The first-order chi connectivity index (χ1) is 11.6. The molecule has 1 aromatic carbocycles. The first kappa shape index (κ1) is 15.6. The molecule has 0 spiro atoms. The Bertz CT molecular complexity index is 711. The predicted octanol–water partition coefficient (Wildman–Crippen LogP) is 2.82. The number of fused-ring (bicyclic) bond motifs is 3. The summed E-state index contributed by atoms with van der Waals surface area (Å²) in [7, 11) is 0. The van der Waals surface area contributed by atoms with Crippen LogP contribution in [-0.2, 0) is 15.9 Å². The van der Waals surface area contributed by atoms with E-state index in [2.05, 4.69) is 0 Å². The molecule has 4 rings (SSSR count). The molecule has 0 radical (unpaired) electrons. The van der Waals surface area contributed by atoms with E-state index in [1.54, 1.807) is 6.07 Å². The van der Waals surface area contributed by atoms with Crippen LogP contribution in [0.1, 0.15) is 18.9 Å². The number of nitrogens with zero attached hydrogens (tertiary/aromatic N) is 2. The van der Waals surface area contributed by atoms with Crippen LogP contribution in [-0.4, -0.2) is 40.7 Å². The van der Waals surface area contributed by atoms with E-state index in [4.69, 9.17) is 18.9 Å². The fourth-order valence-electron chi connectivity index (χ4n) is 2.98. The van der Waals surface area contributed by atoms with Gasteiger partial charge in [-0.15, -0.1) is 0 Å². The number of cyclic esters (lactones) is 1. The summed E-state index contributed by atoms with van der Waals surface area (Å²) in [6, 6.07) is 3.31. The van der Waals surface area contributed by atoms with Gasteiger partial charge in [-0.1, -0.05) is 6.92 Å². The van der Waals surface area contributed by atoms with E-state index < -0.39 is 12.2 Å². The van der Waals surface area contributed by atoms with Crippen molar-refractivity contribution in [1.82, 2.24) is 5.01 Å². The lowest BCUT2D eigenvalue weighted by Crippen LogP contribution is -2.55. The van der Waals surface area contributed by atoms with Gasteiger partial charge in [-0.3, -0.25) is 0 Å². The molecular weight excluding hydrogens is 431 g/mol. The Kier molecular flexibility index (Phi) is 3.82. The first-order valence-electron chi connectivity index (χ1n) is 7.61. The molecule has 1 aromatic rings. The van der Waals surface area contributed by atoms with Crippen LogP contribution in [0.25, 0.3) is 0 Å². The molecule has 0 N–H and O–H groups in total. The van der Waals surface area contributed by atoms with Gasteiger partial charge >= 0.3 is 12.2 Å². The summed E-state index contributed by atoms with van der Waals surface area (Å²) in [6.45, 7) is 2.29. The highest BCUT2D eigenvalue weighted by Crippen LogP contribution is 2.43. The van der Waals surface area contributed by atoms with Crippen LogP contribution in [0.15, 0.2) is 12.1 Å². The second-order valence-electron chi connectivity index (χ2n) is 5.63. The molecule has 0 bridgehead atoms. The molecule has 3 aliphatic rings. The molecule has 3 heterocycles. The van der Waals surface area contributed by atoms with Crippen LogP contribution in [0, 0.1) is 0 Å². The van der Waals surface area contributed by atoms with E-state index in [0.29, 0.717) is 30.0 Å². The van der Waals surface area contributed by atoms with Crippen LogP contribution in [0.3, 0.4) is 0 Å². The van der Waals surface area contributed by atoms with Crippen molar-refractivity contribution in [2.45, 2.75) is 29.9 Å². The maximum absolute atomic E-state index is 12.7. The van der Waals surface area contributed by atoms with Crippen molar-refractivity contribution in [1.29, 1.82) is 0 Å².